The lowest BCUT2D eigenvalue weighted by Gasteiger charge is -2.13. The summed E-state index contributed by atoms with van der Waals surface area (Å²) in [6.45, 7) is 4.03. The number of fused-ring (bicyclic) bond motifs is 1. The molecule has 188 valence electrons. The highest BCUT2D eigenvalue weighted by molar-refractivity contribution is 6.15. The average molecular weight is 499 g/mol. The lowest BCUT2D eigenvalue weighted by molar-refractivity contribution is -0.119. The first-order valence-electron chi connectivity index (χ1n) is 11.9. The van der Waals surface area contributed by atoms with Gasteiger partial charge in [-0.3, -0.25) is 14.6 Å². The standard InChI is InChI=1S/C29H26N2O6/c1-3-35-25-15-14-19(17-26(25)36-4-2)28(33)20-9-5-6-10-21(20)29(34)37-18-27(32)31-24-13-7-12-23-22(24)11-8-16-30-23/h5-17H,3-4,18H2,1-2H3,(H,31,32). The van der Waals surface area contributed by atoms with Gasteiger partial charge in [-0.2, -0.15) is 0 Å². The number of nitrogens with zero attached hydrogens (tertiary/aromatic N) is 1. The quantitative estimate of drug-likeness (QED) is 0.241. The minimum absolute atomic E-state index is 0.0569. The van der Waals surface area contributed by atoms with Gasteiger partial charge in [-0.25, -0.2) is 4.79 Å². The maximum Gasteiger partial charge on any atom is 0.339 e. The second-order valence-corrected chi connectivity index (χ2v) is 7.90. The number of ketones is 1. The summed E-state index contributed by atoms with van der Waals surface area (Å²) in [6.07, 6.45) is 1.67. The van der Waals surface area contributed by atoms with Gasteiger partial charge in [0.25, 0.3) is 5.91 Å². The Morgan fingerprint density at radius 2 is 1.57 bits per heavy atom. The zero-order valence-corrected chi connectivity index (χ0v) is 20.5. The fraction of sp³-hybridized carbons (Fsp3) is 0.172. The number of hydrogen-bond acceptors (Lipinski definition) is 7. The molecule has 0 aliphatic rings. The molecule has 8 heteroatoms. The van der Waals surface area contributed by atoms with Crippen LogP contribution < -0.4 is 14.8 Å². The van der Waals surface area contributed by atoms with Gasteiger partial charge in [0.1, 0.15) is 0 Å². The van der Waals surface area contributed by atoms with Gasteiger partial charge in [0, 0.05) is 22.7 Å². The van der Waals surface area contributed by atoms with E-state index in [0.29, 0.717) is 36.0 Å². The molecular formula is C29H26N2O6. The lowest BCUT2D eigenvalue weighted by Crippen LogP contribution is -2.22. The monoisotopic (exact) mass is 498 g/mol. The molecule has 3 aromatic carbocycles. The number of nitrogens with one attached hydrogen (secondary N) is 1. The fourth-order valence-corrected chi connectivity index (χ4v) is 3.81. The molecule has 0 radical (unpaired) electrons. The van der Waals surface area contributed by atoms with E-state index in [9.17, 15) is 14.4 Å². The summed E-state index contributed by atoms with van der Waals surface area (Å²) in [5, 5.41) is 3.51. The molecule has 0 fully saturated rings. The van der Waals surface area contributed by atoms with Gasteiger partial charge in [0.15, 0.2) is 23.9 Å². The molecular weight excluding hydrogens is 472 g/mol. The summed E-state index contributed by atoms with van der Waals surface area (Å²) in [5.74, 6) is -0.711. The van der Waals surface area contributed by atoms with Crippen LogP contribution in [0.3, 0.4) is 0 Å². The maximum atomic E-state index is 13.3. The number of aromatic nitrogens is 1. The van der Waals surface area contributed by atoms with Crippen molar-refractivity contribution in [2.24, 2.45) is 0 Å². The first-order valence-corrected chi connectivity index (χ1v) is 11.9. The second-order valence-electron chi connectivity index (χ2n) is 7.90. The van der Waals surface area contributed by atoms with Crippen LogP contribution in [0.2, 0.25) is 0 Å². The smallest absolute Gasteiger partial charge is 0.339 e. The Morgan fingerprint density at radius 3 is 2.35 bits per heavy atom. The summed E-state index contributed by atoms with van der Waals surface area (Å²) in [5.41, 5.74) is 1.82. The molecule has 0 aliphatic heterocycles. The minimum atomic E-state index is -0.783. The number of amides is 1. The molecule has 0 bridgehead atoms. The molecule has 1 amide bonds. The van der Waals surface area contributed by atoms with Gasteiger partial charge < -0.3 is 19.5 Å². The number of carbonyl (C=O) groups excluding carboxylic acids is 3. The summed E-state index contributed by atoms with van der Waals surface area (Å²) in [6, 6.07) is 20.1. The van der Waals surface area contributed by atoms with E-state index in [0.717, 1.165) is 10.9 Å². The van der Waals surface area contributed by atoms with Crippen molar-refractivity contribution in [3.05, 3.63) is 95.7 Å². The van der Waals surface area contributed by atoms with E-state index in [-0.39, 0.29) is 16.9 Å². The third-order valence-electron chi connectivity index (χ3n) is 5.45. The largest absolute Gasteiger partial charge is 0.490 e. The highest BCUT2D eigenvalue weighted by atomic mass is 16.5. The minimum Gasteiger partial charge on any atom is -0.490 e. The Morgan fingerprint density at radius 1 is 0.811 bits per heavy atom. The predicted octanol–water partition coefficient (Wildman–Crippen LogP) is 5.06. The molecule has 0 saturated heterocycles. The predicted molar refractivity (Wildman–Crippen MR) is 139 cm³/mol. The molecule has 1 N–H and O–H groups in total. The van der Waals surface area contributed by atoms with Crippen LogP contribution in [-0.2, 0) is 9.53 Å². The van der Waals surface area contributed by atoms with Crippen molar-refractivity contribution in [3.8, 4) is 11.5 Å². The topological polar surface area (TPSA) is 104 Å². The van der Waals surface area contributed by atoms with Gasteiger partial charge in [-0.05, 0) is 62.4 Å². The van der Waals surface area contributed by atoms with Crippen molar-refractivity contribution >= 4 is 34.3 Å². The van der Waals surface area contributed by atoms with Crippen LogP contribution >= 0.6 is 0 Å². The third kappa shape index (κ3) is 5.92. The van der Waals surface area contributed by atoms with E-state index in [2.05, 4.69) is 10.3 Å². The van der Waals surface area contributed by atoms with Gasteiger partial charge >= 0.3 is 5.97 Å². The average Bonchev–Trinajstić information content (AvgIpc) is 2.93. The van der Waals surface area contributed by atoms with Crippen molar-refractivity contribution in [3.63, 3.8) is 0 Å². The molecule has 4 aromatic rings. The number of hydrogen-bond donors (Lipinski definition) is 1. The van der Waals surface area contributed by atoms with E-state index < -0.39 is 18.5 Å². The third-order valence-corrected chi connectivity index (χ3v) is 5.45. The van der Waals surface area contributed by atoms with Crippen LogP contribution in [0.1, 0.15) is 40.1 Å². The van der Waals surface area contributed by atoms with Crippen LogP contribution in [0.4, 0.5) is 5.69 Å². The summed E-state index contributed by atoms with van der Waals surface area (Å²) < 4.78 is 16.4. The molecule has 0 saturated carbocycles. The Bertz CT molecular complexity index is 1440. The second kappa shape index (κ2) is 11.8. The van der Waals surface area contributed by atoms with Crippen LogP contribution in [0, 0.1) is 0 Å². The molecule has 0 aliphatic carbocycles. The summed E-state index contributed by atoms with van der Waals surface area (Å²) >= 11 is 0. The summed E-state index contributed by atoms with van der Waals surface area (Å²) in [7, 11) is 0. The molecule has 0 unspecified atom stereocenters. The number of carbonyl (C=O) groups is 3. The van der Waals surface area contributed by atoms with Crippen molar-refractivity contribution in [2.75, 3.05) is 25.1 Å². The van der Waals surface area contributed by atoms with E-state index in [4.69, 9.17) is 14.2 Å². The first-order chi connectivity index (χ1) is 18.0. The zero-order chi connectivity index (χ0) is 26.2. The van der Waals surface area contributed by atoms with Crippen molar-refractivity contribution in [1.82, 2.24) is 4.98 Å². The molecule has 4 rings (SSSR count). The van der Waals surface area contributed by atoms with E-state index in [1.165, 1.54) is 6.07 Å². The summed E-state index contributed by atoms with van der Waals surface area (Å²) in [4.78, 5) is 43.0. The SMILES string of the molecule is CCOc1ccc(C(=O)c2ccccc2C(=O)OCC(=O)Nc2cccc3ncccc23)cc1OCC. The Labute approximate surface area is 214 Å². The highest BCUT2D eigenvalue weighted by Crippen LogP contribution is 2.30. The molecule has 8 nitrogen and oxygen atoms in total. The van der Waals surface area contributed by atoms with E-state index in [1.807, 2.05) is 26.0 Å². The van der Waals surface area contributed by atoms with Gasteiger partial charge in [0.2, 0.25) is 0 Å². The van der Waals surface area contributed by atoms with Crippen molar-refractivity contribution in [2.45, 2.75) is 13.8 Å². The number of pyridine rings is 1. The lowest BCUT2D eigenvalue weighted by atomic mass is 9.98. The highest BCUT2D eigenvalue weighted by Gasteiger charge is 2.21. The number of ether oxygens (including phenoxy) is 3. The van der Waals surface area contributed by atoms with Crippen LogP contribution in [-0.4, -0.2) is 42.5 Å². The van der Waals surface area contributed by atoms with Crippen molar-refractivity contribution in [1.29, 1.82) is 0 Å². The van der Waals surface area contributed by atoms with E-state index in [1.54, 1.807) is 60.8 Å². The molecule has 0 spiro atoms. The zero-order valence-electron chi connectivity index (χ0n) is 20.5. The van der Waals surface area contributed by atoms with E-state index >= 15 is 0 Å². The molecule has 1 heterocycles. The van der Waals surface area contributed by atoms with Gasteiger partial charge in [-0.15, -0.1) is 0 Å². The number of benzene rings is 3. The van der Waals surface area contributed by atoms with Gasteiger partial charge in [-0.1, -0.05) is 24.3 Å². The van der Waals surface area contributed by atoms with Crippen LogP contribution in [0.15, 0.2) is 79.0 Å². The van der Waals surface area contributed by atoms with Gasteiger partial charge in [0.05, 0.1) is 30.0 Å². The number of rotatable bonds is 10. The number of esters is 1. The molecule has 37 heavy (non-hydrogen) atoms. The molecule has 0 atom stereocenters. The Balaban J connectivity index is 1.48. The maximum absolute atomic E-state index is 13.3. The fourth-order valence-electron chi connectivity index (χ4n) is 3.81. The normalized spacial score (nSPS) is 10.5. The number of anilines is 1. The van der Waals surface area contributed by atoms with Crippen LogP contribution in [0.5, 0.6) is 11.5 Å². The molecule has 1 aromatic heterocycles. The Hall–Kier alpha value is -4.72. The Kier molecular flexibility index (Phi) is 8.10. The first kappa shape index (κ1) is 25.4. The van der Waals surface area contributed by atoms with Crippen LogP contribution in [0.25, 0.3) is 10.9 Å². The van der Waals surface area contributed by atoms with Crippen molar-refractivity contribution < 1.29 is 28.6 Å².